The minimum absolute atomic E-state index is 0.0192. The first kappa shape index (κ1) is 48.7. The second kappa shape index (κ2) is 17.8. The van der Waals surface area contributed by atoms with Crippen LogP contribution in [0.3, 0.4) is 0 Å². The van der Waals surface area contributed by atoms with Gasteiger partial charge in [-0.3, -0.25) is 0 Å². The van der Waals surface area contributed by atoms with Gasteiger partial charge in [-0.05, 0) is 50.2 Å². The molecule has 0 fully saturated rings. The first-order valence-electron chi connectivity index (χ1n) is 20.6. The summed E-state index contributed by atoms with van der Waals surface area (Å²) >= 11 is 0. The van der Waals surface area contributed by atoms with Crippen LogP contribution in [0.2, 0.25) is 0 Å². The van der Waals surface area contributed by atoms with E-state index < -0.39 is 34.7 Å². The highest BCUT2D eigenvalue weighted by atomic mass is 16.4. The summed E-state index contributed by atoms with van der Waals surface area (Å²) in [6.45, 7) is 13.8. The summed E-state index contributed by atoms with van der Waals surface area (Å²) < 4.78 is 4.37. The van der Waals surface area contributed by atoms with Crippen LogP contribution in [0.1, 0.15) is 117 Å². The number of nitrogen functional groups attached to an aromatic ring is 3. The molecule has 0 unspecified atom stereocenters. The van der Waals surface area contributed by atoms with Crippen molar-refractivity contribution in [2.75, 3.05) is 17.2 Å². The van der Waals surface area contributed by atoms with E-state index in [0.29, 0.717) is 0 Å². The lowest BCUT2D eigenvalue weighted by molar-refractivity contribution is 0.0676. The molecule has 0 spiro atoms. The second-order valence-electron chi connectivity index (χ2n) is 17.6. The summed E-state index contributed by atoms with van der Waals surface area (Å²) in [5, 5.41) is 94.6. The molecule has 0 aliphatic rings. The van der Waals surface area contributed by atoms with Crippen LogP contribution in [0.15, 0.2) is 56.9 Å². The van der Waals surface area contributed by atoms with E-state index in [1.54, 1.807) is 41.5 Å². The number of anilines is 3. The lowest BCUT2D eigenvalue weighted by Gasteiger charge is -2.15. The molecule has 71 heavy (non-hydrogen) atoms. The highest BCUT2D eigenvalue weighted by molar-refractivity contribution is 5.96. The maximum Gasteiger partial charge on any atom is 0.335 e. The Morgan fingerprint density at radius 2 is 0.845 bits per heavy atom. The third-order valence-corrected chi connectivity index (χ3v) is 10.3. The molecule has 360 valence electrons. The largest absolute Gasteiger partial charge is 0.478 e. The quantitative estimate of drug-likeness (QED) is 0.0696. The molecule has 0 aliphatic heterocycles. The molecule has 7 aromatic rings. The maximum atomic E-state index is 11.9. The van der Waals surface area contributed by atoms with E-state index in [-0.39, 0.29) is 120 Å². The van der Waals surface area contributed by atoms with Gasteiger partial charge >= 0.3 is 23.9 Å². The average molecular weight is 965 g/mol. The second-order valence-corrected chi connectivity index (χ2v) is 17.6. The zero-order valence-electron chi connectivity index (χ0n) is 38.7. The van der Waals surface area contributed by atoms with Crippen LogP contribution in [0, 0.1) is 36.5 Å². The summed E-state index contributed by atoms with van der Waals surface area (Å²) in [4.78, 5) is 60.8. The van der Waals surface area contributed by atoms with Gasteiger partial charge in [0.15, 0.2) is 34.6 Å². The number of hydrogen-bond acceptors (Lipinski definition) is 20. The number of benzene rings is 2. The predicted octanol–water partition coefficient (Wildman–Crippen LogP) is 5.94. The molecule has 0 aliphatic carbocycles. The Hall–Kier alpha value is -10.3. The highest BCUT2D eigenvalue weighted by Crippen LogP contribution is 2.41. The summed E-state index contributed by atoms with van der Waals surface area (Å²) in [7, 11) is 0. The van der Waals surface area contributed by atoms with Crippen LogP contribution >= 0.6 is 0 Å². The molecule has 5 aromatic heterocycles. The minimum atomic E-state index is -1.41. The lowest BCUT2D eigenvalue weighted by Crippen LogP contribution is -2.17. The number of rotatable bonds is 12. The predicted molar refractivity (Wildman–Crippen MR) is 247 cm³/mol. The molecule has 10 N–H and O–H groups in total. The highest BCUT2D eigenvalue weighted by Gasteiger charge is 2.32. The molecule has 28 nitrogen and oxygen atoms in total. The van der Waals surface area contributed by atoms with Gasteiger partial charge < -0.3 is 37.6 Å². The van der Waals surface area contributed by atoms with Crippen molar-refractivity contribution in [3.05, 3.63) is 92.6 Å². The maximum absolute atomic E-state index is 11.9. The van der Waals surface area contributed by atoms with Gasteiger partial charge in [-0.25, -0.2) is 28.5 Å². The first-order chi connectivity index (χ1) is 33.2. The summed E-state index contributed by atoms with van der Waals surface area (Å²) in [5.74, 6) is -7.24. The molecule has 0 atom stereocenters. The standard InChI is InChI=1S/C43H40N20O8/c1-17-25(15-44)33(60(56-17)23-11-19(35(64)65)9-20(12-23)36(66)67)54-52-27-29(42(3,4)5)58-62(31(27)46)40-49-39(48)50-41(51-40)63-32(47)28(30(59-63)43(6,7)8)53-55-34-26(16-45)18(2)57-61(34)24-13-21(37(68)69)10-22(14-24)38(70)71/h9-14H,46-47H2,1-8H3,(H,64,65)(H,66,67)(H,68,69)(H,70,71)(H2,48,49,50,51). The van der Waals surface area contributed by atoms with E-state index in [9.17, 15) is 50.1 Å². The summed E-state index contributed by atoms with van der Waals surface area (Å²) in [6, 6.07) is 10.6. The number of nitrogens with zero attached hydrogens (tertiary/aromatic N) is 17. The Morgan fingerprint density at radius 3 is 1.13 bits per heavy atom. The SMILES string of the molecule is Cc1nn(-c2cc(C(=O)O)cc(C(=O)O)c2)c(N=Nc2c(C(C)(C)C)nn(-c3nc(N)nc(-n4nc(C(C)(C)C)c(N=Nc5c(C#N)c(C)nn5-c5cc(C(=O)O)cc(C(=O)O)c5)c4N)n3)c2N)c1C#N. The fourth-order valence-corrected chi connectivity index (χ4v) is 6.91. The summed E-state index contributed by atoms with van der Waals surface area (Å²) in [6.07, 6.45) is 0. The van der Waals surface area contributed by atoms with Gasteiger partial charge in [-0.2, -0.15) is 55.2 Å². The van der Waals surface area contributed by atoms with Crippen LogP contribution in [0.4, 0.5) is 40.6 Å². The number of carbonyl (C=O) groups is 4. The van der Waals surface area contributed by atoms with Crippen molar-refractivity contribution in [3.63, 3.8) is 0 Å². The number of aromatic nitrogens is 11. The van der Waals surface area contributed by atoms with Crippen molar-refractivity contribution in [1.29, 1.82) is 10.5 Å². The van der Waals surface area contributed by atoms with Crippen molar-refractivity contribution >= 4 is 64.5 Å². The summed E-state index contributed by atoms with van der Waals surface area (Å²) in [5.41, 5.74) is 17.2. The van der Waals surface area contributed by atoms with E-state index >= 15 is 0 Å². The number of nitriles is 2. The molecule has 0 amide bonds. The van der Waals surface area contributed by atoms with Gasteiger partial charge in [-0.15, -0.1) is 20.5 Å². The molecule has 0 radical (unpaired) electrons. The number of aryl methyl sites for hydroxylation is 2. The first-order valence-corrected chi connectivity index (χ1v) is 20.6. The van der Waals surface area contributed by atoms with Crippen LogP contribution in [-0.4, -0.2) is 98.4 Å². The van der Waals surface area contributed by atoms with E-state index in [0.717, 1.165) is 55.1 Å². The molecule has 5 heterocycles. The van der Waals surface area contributed by atoms with Crippen LogP contribution in [0.25, 0.3) is 23.3 Å². The topological polar surface area (TPSA) is 434 Å². The molecule has 7 rings (SSSR count). The fraction of sp³-hybridized carbons (Fsp3) is 0.233. The van der Waals surface area contributed by atoms with Crippen molar-refractivity contribution in [1.82, 2.24) is 54.1 Å². The van der Waals surface area contributed by atoms with Gasteiger partial charge in [0.1, 0.15) is 23.3 Å². The Morgan fingerprint density at radius 1 is 0.521 bits per heavy atom. The Kier molecular flexibility index (Phi) is 12.2. The monoisotopic (exact) mass is 964 g/mol. The Bertz CT molecular complexity index is 3270. The van der Waals surface area contributed by atoms with E-state index in [4.69, 9.17) is 17.2 Å². The molecule has 0 saturated heterocycles. The molecule has 0 bridgehead atoms. The Labute approximate surface area is 399 Å². The third-order valence-electron chi connectivity index (χ3n) is 10.3. The van der Waals surface area contributed by atoms with Crippen molar-refractivity contribution in [3.8, 4) is 35.4 Å². The molecule has 28 heteroatoms. The minimum Gasteiger partial charge on any atom is -0.478 e. The van der Waals surface area contributed by atoms with Gasteiger partial charge in [0.05, 0.1) is 56.4 Å². The molecule has 2 aromatic carbocycles. The molecule has 0 saturated carbocycles. The third kappa shape index (κ3) is 9.13. The number of aromatic carboxylic acids is 4. The Balaban J connectivity index is 1.35. The van der Waals surface area contributed by atoms with Crippen LogP contribution in [-0.2, 0) is 10.8 Å². The molecular formula is C43H40N20O8. The van der Waals surface area contributed by atoms with E-state index in [1.807, 2.05) is 12.1 Å². The average Bonchev–Trinajstić information content (AvgIpc) is 4.02. The van der Waals surface area contributed by atoms with Crippen LogP contribution < -0.4 is 17.2 Å². The van der Waals surface area contributed by atoms with Gasteiger partial charge in [0.25, 0.3) is 11.9 Å². The van der Waals surface area contributed by atoms with Gasteiger partial charge in [0, 0.05) is 10.8 Å². The van der Waals surface area contributed by atoms with Crippen molar-refractivity contribution < 1.29 is 39.6 Å². The van der Waals surface area contributed by atoms with Gasteiger partial charge in [-0.1, -0.05) is 41.5 Å². The smallest absolute Gasteiger partial charge is 0.335 e. The van der Waals surface area contributed by atoms with Crippen molar-refractivity contribution in [2.45, 2.75) is 66.2 Å². The lowest BCUT2D eigenvalue weighted by atomic mass is 9.91. The van der Waals surface area contributed by atoms with E-state index in [1.165, 1.54) is 13.8 Å². The zero-order chi connectivity index (χ0) is 52.2. The molecular weight excluding hydrogens is 925 g/mol. The zero-order valence-corrected chi connectivity index (χ0v) is 38.7. The number of carboxylic acids is 4. The number of hydrogen-bond donors (Lipinski definition) is 7. The fourth-order valence-electron chi connectivity index (χ4n) is 6.91. The number of nitrogens with two attached hydrogens (primary N) is 3. The van der Waals surface area contributed by atoms with Crippen molar-refractivity contribution in [2.24, 2.45) is 20.5 Å². The normalized spacial score (nSPS) is 11.9. The van der Waals surface area contributed by atoms with E-state index in [2.05, 4.69) is 55.8 Å². The number of azo groups is 2. The van der Waals surface area contributed by atoms with Gasteiger partial charge in [0.2, 0.25) is 5.95 Å². The van der Waals surface area contributed by atoms with Crippen LogP contribution in [0.5, 0.6) is 0 Å². The number of carboxylic acid groups (broad SMARTS) is 4.